The molecule has 0 unspecified atom stereocenters. The van der Waals surface area contributed by atoms with Crippen LogP contribution in [0.1, 0.15) is 0 Å². The first-order chi connectivity index (χ1) is 9.33. The van der Waals surface area contributed by atoms with Crippen molar-refractivity contribution in [2.24, 2.45) is 0 Å². The minimum absolute atomic E-state index is 0.625. The second-order valence-electron chi connectivity index (χ2n) is 4.17. The van der Waals surface area contributed by atoms with Crippen molar-refractivity contribution in [1.82, 2.24) is 15.0 Å². The summed E-state index contributed by atoms with van der Waals surface area (Å²) in [6.07, 6.45) is 2.96. The van der Waals surface area contributed by atoms with Gasteiger partial charge in [-0.25, -0.2) is 15.0 Å². The first-order valence-electron chi connectivity index (χ1n) is 5.91. The molecule has 4 heteroatoms. The van der Waals surface area contributed by atoms with Crippen LogP contribution in [0.3, 0.4) is 0 Å². The monoisotopic (exact) mass is 248 g/mol. The maximum Gasteiger partial charge on any atom is 0.162 e. The Balaban J connectivity index is 2.12. The summed E-state index contributed by atoms with van der Waals surface area (Å²) in [5.74, 6) is 0.625. The molecule has 0 amide bonds. The largest absolute Gasteiger partial charge is 0.399 e. The zero-order chi connectivity index (χ0) is 13.1. The third-order valence-corrected chi connectivity index (χ3v) is 2.81. The molecule has 3 rings (SSSR count). The third-order valence-electron chi connectivity index (χ3n) is 2.81. The van der Waals surface area contributed by atoms with Crippen LogP contribution < -0.4 is 5.73 Å². The van der Waals surface area contributed by atoms with Crippen LogP contribution in [-0.2, 0) is 0 Å². The quantitative estimate of drug-likeness (QED) is 0.708. The average Bonchev–Trinajstić information content (AvgIpc) is 2.48. The molecule has 4 nitrogen and oxygen atoms in total. The van der Waals surface area contributed by atoms with E-state index in [1.165, 1.54) is 12.7 Å². The summed E-state index contributed by atoms with van der Waals surface area (Å²) in [5.41, 5.74) is 9.71. The molecule has 3 aromatic rings. The highest BCUT2D eigenvalue weighted by atomic mass is 15.0. The van der Waals surface area contributed by atoms with Gasteiger partial charge in [0.15, 0.2) is 5.82 Å². The first kappa shape index (κ1) is 11.3. The molecular weight excluding hydrogens is 236 g/mol. The van der Waals surface area contributed by atoms with Gasteiger partial charge in [-0.1, -0.05) is 30.3 Å². The van der Waals surface area contributed by atoms with Crippen LogP contribution in [0.25, 0.3) is 22.5 Å². The van der Waals surface area contributed by atoms with E-state index in [-0.39, 0.29) is 0 Å². The molecule has 0 saturated heterocycles. The van der Waals surface area contributed by atoms with E-state index in [1.807, 2.05) is 48.5 Å². The minimum atomic E-state index is 0.625. The van der Waals surface area contributed by atoms with Gasteiger partial charge in [0.1, 0.15) is 12.7 Å². The molecule has 0 aliphatic carbocycles. The maximum absolute atomic E-state index is 5.96. The molecule has 92 valence electrons. The topological polar surface area (TPSA) is 64.7 Å². The summed E-state index contributed by atoms with van der Waals surface area (Å²) in [5, 5.41) is 0. The van der Waals surface area contributed by atoms with E-state index in [4.69, 9.17) is 5.73 Å². The minimum Gasteiger partial charge on any atom is -0.399 e. The van der Waals surface area contributed by atoms with Crippen LogP contribution >= 0.6 is 0 Å². The van der Waals surface area contributed by atoms with E-state index in [2.05, 4.69) is 15.0 Å². The highest BCUT2D eigenvalue weighted by Crippen LogP contribution is 2.27. The number of nitrogens with two attached hydrogens (primary N) is 1. The zero-order valence-electron chi connectivity index (χ0n) is 10.2. The van der Waals surface area contributed by atoms with Gasteiger partial charge in [0.2, 0.25) is 0 Å². The summed E-state index contributed by atoms with van der Waals surface area (Å²) in [7, 11) is 0. The number of rotatable bonds is 2. The van der Waals surface area contributed by atoms with E-state index in [0.717, 1.165) is 16.7 Å². The Morgan fingerprint density at radius 3 is 2.16 bits per heavy atom. The van der Waals surface area contributed by atoms with Gasteiger partial charge in [-0.3, -0.25) is 0 Å². The van der Waals surface area contributed by atoms with Crippen LogP contribution in [0.2, 0.25) is 0 Å². The molecular formula is C15H12N4. The van der Waals surface area contributed by atoms with Gasteiger partial charge in [0.05, 0.1) is 0 Å². The predicted octanol–water partition coefficient (Wildman–Crippen LogP) is 2.79. The van der Waals surface area contributed by atoms with Crippen molar-refractivity contribution >= 4 is 5.69 Å². The lowest BCUT2D eigenvalue weighted by atomic mass is 10.0. The Morgan fingerprint density at radius 1 is 0.737 bits per heavy atom. The van der Waals surface area contributed by atoms with Crippen molar-refractivity contribution in [1.29, 1.82) is 0 Å². The summed E-state index contributed by atoms with van der Waals surface area (Å²) >= 11 is 0. The number of nitrogens with zero attached hydrogens (tertiary/aromatic N) is 3. The summed E-state index contributed by atoms with van der Waals surface area (Å²) in [4.78, 5) is 12.1. The van der Waals surface area contributed by atoms with E-state index in [0.29, 0.717) is 11.5 Å². The highest BCUT2D eigenvalue weighted by Gasteiger charge is 2.05. The Labute approximate surface area is 111 Å². The molecule has 0 bridgehead atoms. The number of hydrogen-bond acceptors (Lipinski definition) is 4. The standard InChI is InChI=1S/C15H12N4/c16-14-7-12(11-4-2-1-3-5-11)6-13(8-14)15-18-9-17-10-19-15/h1-10H,16H2. The Kier molecular flexibility index (Phi) is 2.90. The molecule has 0 aliphatic heterocycles. The SMILES string of the molecule is Nc1cc(-c2ccccc2)cc(-c2ncncn2)c1. The van der Waals surface area contributed by atoms with Crippen LogP contribution in [0.4, 0.5) is 5.69 Å². The molecule has 2 aromatic carbocycles. The second kappa shape index (κ2) is 4.86. The van der Waals surface area contributed by atoms with Crippen molar-refractivity contribution in [2.75, 3.05) is 5.73 Å². The van der Waals surface area contributed by atoms with E-state index < -0.39 is 0 Å². The van der Waals surface area contributed by atoms with Gasteiger partial charge >= 0.3 is 0 Å². The number of benzene rings is 2. The number of nitrogen functional groups attached to an aromatic ring is 1. The van der Waals surface area contributed by atoms with Gasteiger partial charge < -0.3 is 5.73 Å². The second-order valence-corrected chi connectivity index (χ2v) is 4.17. The van der Waals surface area contributed by atoms with E-state index in [1.54, 1.807) is 0 Å². The Hall–Kier alpha value is -2.75. The molecule has 0 radical (unpaired) electrons. The van der Waals surface area contributed by atoms with Crippen LogP contribution in [0, 0.1) is 0 Å². The molecule has 0 aliphatic rings. The highest BCUT2D eigenvalue weighted by molar-refractivity contribution is 5.74. The summed E-state index contributed by atoms with van der Waals surface area (Å²) in [6, 6.07) is 15.9. The molecule has 1 heterocycles. The van der Waals surface area contributed by atoms with Crippen molar-refractivity contribution in [2.45, 2.75) is 0 Å². The number of anilines is 1. The molecule has 1 aromatic heterocycles. The third kappa shape index (κ3) is 2.42. The smallest absolute Gasteiger partial charge is 0.162 e. The lowest BCUT2D eigenvalue weighted by Gasteiger charge is -2.06. The van der Waals surface area contributed by atoms with Crippen molar-refractivity contribution in [3.63, 3.8) is 0 Å². The molecule has 0 spiro atoms. The van der Waals surface area contributed by atoms with Gasteiger partial charge in [-0.15, -0.1) is 0 Å². The number of aromatic nitrogens is 3. The Bertz CT molecular complexity index is 623. The molecule has 19 heavy (non-hydrogen) atoms. The molecule has 0 fully saturated rings. The normalized spacial score (nSPS) is 10.3. The average molecular weight is 248 g/mol. The molecule has 2 N–H and O–H groups in total. The van der Waals surface area contributed by atoms with Crippen molar-refractivity contribution < 1.29 is 0 Å². The Morgan fingerprint density at radius 2 is 1.42 bits per heavy atom. The first-order valence-corrected chi connectivity index (χ1v) is 5.91. The van der Waals surface area contributed by atoms with E-state index >= 15 is 0 Å². The molecule has 0 atom stereocenters. The summed E-state index contributed by atoms with van der Waals surface area (Å²) in [6.45, 7) is 0. The maximum atomic E-state index is 5.96. The fraction of sp³-hybridized carbons (Fsp3) is 0. The van der Waals surface area contributed by atoms with Crippen LogP contribution in [0.15, 0.2) is 61.2 Å². The fourth-order valence-corrected chi connectivity index (χ4v) is 1.97. The fourth-order valence-electron chi connectivity index (χ4n) is 1.97. The lowest BCUT2D eigenvalue weighted by molar-refractivity contribution is 1.06. The van der Waals surface area contributed by atoms with Gasteiger partial charge in [0, 0.05) is 11.3 Å². The predicted molar refractivity (Wildman–Crippen MR) is 75.1 cm³/mol. The van der Waals surface area contributed by atoms with Gasteiger partial charge in [0.25, 0.3) is 0 Å². The van der Waals surface area contributed by atoms with Gasteiger partial charge in [-0.05, 0) is 29.3 Å². The van der Waals surface area contributed by atoms with E-state index in [9.17, 15) is 0 Å². The van der Waals surface area contributed by atoms with Crippen molar-refractivity contribution in [3.8, 4) is 22.5 Å². The number of hydrogen-bond donors (Lipinski definition) is 1. The van der Waals surface area contributed by atoms with Crippen LogP contribution in [0.5, 0.6) is 0 Å². The van der Waals surface area contributed by atoms with Crippen LogP contribution in [-0.4, -0.2) is 15.0 Å². The lowest BCUT2D eigenvalue weighted by Crippen LogP contribution is -1.92. The van der Waals surface area contributed by atoms with Crippen molar-refractivity contribution in [3.05, 3.63) is 61.2 Å². The summed E-state index contributed by atoms with van der Waals surface area (Å²) < 4.78 is 0. The van der Waals surface area contributed by atoms with Gasteiger partial charge in [-0.2, -0.15) is 0 Å². The molecule has 0 saturated carbocycles. The zero-order valence-corrected chi connectivity index (χ0v) is 10.2.